The molecule has 0 aliphatic rings. The highest BCUT2D eigenvalue weighted by molar-refractivity contribution is 6.33. The Morgan fingerprint density at radius 1 is 1.08 bits per heavy atom. The summed E-state index contributed by atoms with van der Waals surface area (Å²) in [5.41, 5.74) is 1.98. The average molecular weight is 385 g/mol. The predicted octanol–water partition coefficient (Wildman–Crippen LogP) is 3.87. The van der Waals surface area contributed by atoms with Crippen molar-refractivity contribution in [2.75, 3.05) is 6.61 Å². The van der Waals surface area contributed by atoms with Crippen LogP contribution >= 0.6 is 11.6 Å². The van der Waals surface area contributed by atoms with Crippen LogP contribution in [-0.2, 0) is 0 Å². The summed E-state index contributed by atoms with van der Waals surface area (Å²) in [6.07, 6.45) is -3.16. The van der Waals surface area contributed by atoms with Crippen LogP contribution < -0.4 is 4.74 Å². The Kier molecular flexibility index (Phi) is 4.99. The number of halogens is 4. The van der Waals surface area contributed by atoms with Crippen molar-refractivity contribution < 1.29 is 28.1 Å². The molecule has 0 amide bonds. The van der Waals surface area contributed by atoms with E-state index in [1.54, 1.807) is 0 Å². The first-order valence-corrected chi connectivity index (χ1v) is 7.76. The summed E-state index contributed by atoms with van der Waals surface area (Å²) >= 11 is 6.24. The third-order valence-electron chi connectivity index (χ3n) is 3.64. The molecule has 0 spiro atoms. The fraction of sp³-hybridized carbons (Fsp3) is 0.176. The molecule has 0 saturated carbocycles. The van der Waals surface area contributed by atoms with Gasteiger partial charge in [-0.05, 0) is 23.8 Å². The number of aliphatic hydroxyl groups is 2. The van der Waals surface area contributed by atoms with E-state index in [4.69, 9.17) is 11.6 Å². The molecule has 0 unspecified atom stereocenters. The second-order valence-corrected chi connectivity index (χ2v) is 5.75. The minimum atomic E-state index is -4.77. The molecule has 136 valence electrons. The number of benzene rings is 2. The number of aliphatic hydroxyl groups excluding tert-OH is 2. The number of rotatable bonds is 4. The number of alkyl halides is 3. The summed E-state index contributed by atoms with van der Waals surface area (Å²) in [5.74, 6) is -0.352. The molecule has 0 saturated heterocycles. The number of fused-ring (bicyclic) bond motifs is 1. The number of hydrogen-bond donors (Lipinski definition) is 2. The summed E-state index contributed by atoms with van der Waals surface area (Å²) in [6.45, 7) is -0.547. The number of aromatic nitrogens is 2. The van der Waals surface area contributed by atoms with E-state index < -0.39 is 19.1 Å². The highest BCUT2D eigenvalue weighted by atomic mass is 35.5. The Morgan fingerprint density at radius 2 is 1.69 bits per heavy atom. The standard InChI is InChI=1S/C17H12ClF3N2O3/c18-12-7-11(9-1-3-10(4-2-9)26-17(19,20)21)15-16(23-6-5-22-15)14(12)13(25)8-24/h1-7,13,24-25H,8H2/t13-/m0/s1. The van der Waals surface area contributed by atoms with Crippen molar-refractivity contribution in [3.8, 4) is 16.9 Å². The maximum absolute atomic E-state index is 12.3. The van der Waals surface area contributed by atoms with E-state index in [1.165, 1.54) is 42.7 Å². The molecule has 1 heterocycles. The third kappa shape index (κ3) is 3.72. The van der Waals surface area contributed by atoms with Gasteiger partial charge < -0.3 is 14.9 Å². The zero-order valence-corrected chi connectivity index (χ0v) is 13.8. The van der Waals surface area contributed by atoms with E-state index in [2.05, 4.69) is 14.7 Å². The number of nitrogens with zero attached hydrogens (tertiary/aromatic N) is 2. The summed E-state index contributed by atoms with van der Waals surface area (Å²) in [5, 5.41) is 19.4. The smallest absolute Gasteiger partial charge is 0.406 e. The van der Waals surface area contributed by atoms with Crippen LogP contribution in [0.15, 0.2) is 42.7 Å². The maximum atomic E-state index is 12.3. The summed E-state index contributed by atoms with van der Waals surface area (Å²) in [7, 11) is 0. The van der Waals surface area contributed by atoms with Crippen molar-refractivity contribution in [1.82, 2.24) is 9.97 Å². The van der Waals surface area contributed by atoms with Gasteiger partial charge in [-0.25, -0.2) is 0 Å². The second kappa shape index (κ2) is 7.06. The van der Waals surface area contributed by atoms with Gasteiger partial charge in [0.1, 0.15) is 11.9 Å². The topological polar surface area (TPSA) is 75.5 Å². The summed E-state index contributed by atoms with van der Waals surface area (Å²) in [4.78, 5) is 8.40. The molecule has 0 fully saturated rings. The Balaban J connectivity index is 2.11. The minimum Gasteiger partial charge on any atom is -0.406 e. The monoisotopic (exact) mass is 384 g/mol. The lowest BCUT2D eigenvalue weighted by Gasteiger charge is -2.15. The van der Waals surface area contributed by atoms with E-state index in [0.717, 1.165) is 0 Å². The van der Waals surface area contributed by atoms with E-state index in [0.29, 0.717) is 22.2 Å². The van der Waals surface area contributed by atoms with Gasteiger partial charge in [0, 0.05) is 28.5 Å². The molecule has 2 N–H and O–H groups in total. The van der Waals surface area contributed by atoms with Gasteiger partial charge in [0.25, 0.3) is 0 Å². The molecule has 0 radical (unpaired) electrons. The molecule has 1 aromatic heterocycles. The first-order valence-electron chi connectivity index (χ1n) is 7.38. The van der Waals surface area contributed by atoms with E-state index in [1.807, 2.05) is 0 Å². The fourth-order valence-corrected chi connectivity index (χ4v) is 2.91. The molecule has 0 bridgehead atoms. The van der Waals surface area contributed by atoms with Gasteiger partial charge in [-0.1, -0.05) is 23.7 Å². The molecule has 0 aliphatic carbocycles. The van der Waals surface area contributed by atoms with Crippen molar-refractivity contribution in [2.24, 2.45) is 0 Å². The Bertz CT molecular complexity index is 933. The summed E-state index contributed by atoms with van der Waals surface area (Å²) in [6, 6.07) is 6.74. The van der Waals surface area contributed by atoms with Gasteiger partial charge in [-0.3, -0.25) is 9.97 Å². The number of hydrogen-bond acceptors (Lipinski definition) is 5. The molecule has 9 heteroatoms. The molecule has 3 rings (SSSR count). The quantitative estimate of drug-likeness (QED) is 0.714. The Labute approximate surface area is 150 Å². The van der Waals surface area contributed by atoms with Crippen molar-refractivity contribution in [1.29, 1.82) is 0 Å². The van der Waals surface area contributed by atoms with Crippen LogP contribution in [0.5, 0.6) is 5.75 Å². The van der Waals surface area contributed by atoms with E-state index in [9.17, 15) is 23.4 Å². The molecule has 0 aliphatic heterocycles. The lowest BCUT2D eigenvalue weighted by molar-refractivity contribution is -0.274. The van der Waals surface area contributed by atoms with Gasteiger partial charge in [0.15, 0.2) is 0 Å². The molecule has 5 nitrogen and oxygen atoms in total. The highest BCUT2D eigenvalue weighted by Gasteiger charge is 2.31. The van der Waals surface area contributed by atoms with E-state index in [-0.39, 0.29) is 16.3 Å². The average Bonchev–Trinajstić information content (AvgIpc) is 2.60. The van der Waals surface area contributed by atoms with Gasteiger partial charge in [0.05, 0.1) is 17.6 Å². The lowest BCUT2D eigenvalue weighted by Crippen LogP contribution is -2.16. The number of ether oxygens (including phenoxy) is 1. The largest absolute Gasteiger partial charge is 0.573 e. The third-order valence-corrected chi connectivity index (χ3v) is 3.95. The molecule has 2 aromatic carbocycles. The van der Waals surface area contributed by atoms with Gasteiger partial charge in [0.2, 0.25) is 0 Å². The fourth-order valence-electron chi connectivity index (χ4n) is 2.58. The first kappa shape index (κ1) is 18.4. The van der Waals surface area contributed by atoms with Crippen LogP contribution in [0.4, 0.5) is 13.2 Å². The van der Waals surface area contributed by atoms with E-state index >= 15 is 0 Å². The van der Waals surface area contributed by atoms with Crippen LogP contribution in [0, 0.1) is 0 Å². The normalized spacial score (nSPS) is 13.0. The first-order chi connectivity index (χ1) is 12.3. The van der Waals surface area contributed by atoms with Crippen molar-refractivity contribution in [2.45, 2.75) is 12.5 Å². The Morgan fingerprint density at radius 3 is 2.27 bits per heavy atom. The van der Waals surface area contributed by atoms with Crippen molar-refractivity contribution in [3.05, 3.63) is 53.3 Å². The zero-order valence-electron chi connectivity index (χ0n) is 13.0. The van der Waals surface area contributed by atoms with Gasteiger partial charge >= 0.3 is 6.36 Å². The minimum absolute atomic E-state index is 0.158. The van der Waals surface area contributed by atoms with Gasteiger partial charge in [-0.2, -0.15) is 0 Å². The maximum Gasteiger partial charge on any atom is 0.573 e. The van der Waals surface area contributed by atoms with Crippen LogP contribution in [0.3, 0.4) is 0 Å². The zero-order chi connectivity index (χ0) is 18.9. The molecular formula is C17H12ClF3N2O3. The van der Waals surface area contributed by atoms with Crippen LogP contribution in [0.1, 0.15) is 11.7 Å². The second-order valence-electron chi connectivity index (χ2n) is 5.34. The predicted molar refractivity (Wildman–Crippen MR) is 88.7 cm³/mol. The van der Waals surface area contributed by atoms with Crippen LogP contribution in [-0.4, -0.2) is 33.2 Å². The van der Waals surface area contributed by atoms with Gasteiger partial charge in [-0.15, -0.1) is 13.2 Å². The molecule has 26 heavy (non-hydrogen) atoms. The van der Waals surface area contributed by atoms with Crippen molar-refractivity contribution >= 4 is 22.6 Å². The highest BCUT2D eigenvalue weighted by Crippen LogP contribution is 2.37. The van der Waals surface area contributed by atoms with Crippen LogP contribution in [0.25, 0.3) is 22.2 Å². The van der Waals surface area contributed by atoms with Crippen molar-refractivity contribution in [3.63, 3.8) is 0 Å². The summed E-state index contributed by atoms with van der Waals surface area (Å²) < 4.78 is 40.7. The SMILES string of the molecule is OC[C@H](O)c1c(Cl)cc(-c2ccc(OC(F)(F)F)cc2)c2nccnc12. The van der Waals surface area contributed by atoms with Crippen LogP contribution in [0.2, 0.25) is 5.02 Å². The molecule has 3 aromatic rings. The Hall–Kier alpha value is -2.42. The lowest BCUT2D eigenvalue weighted by atomic mass is 9.98. The molecule has 1 atom stereocenters. The molecular weight excluding hydrogens is 373 g/mol.